The predicted molar refractivity (Wildman–Crippen MR) is 82.2 cm³/mol. The molecule has 21 heavy (non-hydrogen) atoms. The van der Waals surface area contributed by atoms with E-state index < -0.39 is 0 Å². The molecular weight excluding hydrogens is 336 g/mol. The van der Waals surface area contributed by atoms with E-state index in [0.29, 0.717) is 17.3 Å². The number of ether oxygens (including phenoxy) is 2. The van der Waals surface area contributed by atoms with Gasteiger partial charge in [-0.2, -0.15) is 0 Å². The van der Waals surface area contributed by atoms with E-state index in [1.807, 2.05) is 24.3 Å². The van der Waals surface area contributed by atoms with Gasteiger partial charge in [-0.25, -0.2) is 4.98 Å². The van der Waals surface area contributed by atoms with E-state index in [9.17, 15) is 4.79 Å². The summed E-state index contributed by atoms with van der Waals surface area (Å²) in [5, 5.41) is 2.69. The van der Waals surface area contributed by atoms with Crippen molar-refractivity contribution in [1.29, 1.82) is 0 Å². The maximum atomic E-state index is 11.9. The first-order chi connectivity index (χ1) is 10.2. The van der Waals surface area contributed by atoms with Crippen LogP contribution in [0.25, 0.3) is 6.08 Å². The zero-order valence-electron chi connectivity index (χ0n) is 10.9. The molecule has 0 unspecified atom stereocenters. The Morgan fingerprint density at radius 2 is 2.14 bits per heavy atom. The lowest BCUT2D eigenvalue weighted by atomic mass is 10.2. The van der Waals surface area contributed by atoms with E-state index >= 15 is 0 Å². The van der Waals surface area contributed by atoms with E-state index in [0.717, 1.165) is 10.0 Å². The van der Waals surface area contributed by atoms with Gasteiger partial charge in [0.2, 0.25) is 12.7 Å². The molecule has 2 aromatic rings. The molecule has 2 heterocycles. The zero-order chi connectivity index (χ0) is 14.7. The van der Waals surface area contributed by atoms with Crippen LogP contribution in [0.4, 0.5) is 5.82 Å². The van der Waals surface area contributed by atoms with Crippen molar-refractivity contribution >= 4 is 33.7 Å². The van der Waals surface area contributed by atoms with Crippen molar-refractivity contribution < 1.29 is 14.3 Å². The second kappa shape index (κ2) is 5.97. The monoisotopic (exact) mass is 346 g/mol. The molecule has 1 aliphatic heterocycles. The number of nitrogens with one attached hydrogen (secondary N) is 1. The Hall–Kier alpha value is -2.34. The molecule has 0 fully saturated rings. The summed E-state index contributed by atoms with van der Waals surface area (Å²) in [6.07, 6.45) is 4.76. The van der Waals surface area contributed by atoms with Crippen LogP contribution < -0.4 is 14.8 Å². The van der Waals surface area contributed by atoms with Gasteiger partial charge in [0.25, 0.3) is 0 Å². The molecule has 1 aromatic carbocycles. The molecule has 0 saturated heterocycles. The number of benzene rings is 1. The minimum absolute atomic E-state index is 0.233. The highest BCUT2D eigenvalue weighted by atomic mass is 79.9. The van der Waals surface area contributed by atoms with Crippen molar-refractivity contribution in [3.63, 3.8) is 0 Å². The van der Waals surface area contributed by atoms with Gasteiger partial charge in [0.15, 0.2) is 11.5 Å². The first-order valence-corrected chi connectivity index (χ1v) is 7.01. The quantitative estimate of drug-likeness (QED) is 0.866. The number of hydrogen-bond acceptors (Lipinski definition) is 4. The highest BCUT2D eigenvalue weighted by Gasteiger charge is 2.12. The van der Waals surface area contributed by atoms with Crippen molar-refractivity contribution in [2.45, 2.75) is 0 Å². The SMILES string of the molecule is O=C(C=Cc1ccc2c(c1)OCO2)Nc1ncccc1Br. The Bertz CT molecular complexity index is 716. The number of fused-ring (bicyclic) bond motifs is 1. The molecule has 0 bridgehead atoms. The van der Waals surface area contributed by atoms with Crippen LogP contribution in [-0.2, 0) is 4.79 Å². The van der Waals surface area contributed by atoms with Crippen LogP contribution in [0.3, 0.4) is 0 Å². The number of aromatic nitrogens is 1. The Balaban J connectivity index is 1.68. The van der Waals surface area contributed by atoms with Gasteiger partial charge in [0.1, 0.15) is 5.82 Å². The lowest BCUT2D eigenvalue weighted by Gasteiger charge is -2.02. The van der Waals surface area contributed by atoms with E-state index in [-0.39, 0.29) is 12.7 Å². The van der Waals surface area contributed by atoms with Gasteiger partial charge < -0.3 is 14.8 Å². The molecule has 6 heteroatoms. The van der Waals surface area contributed by atoms with Crippen LogP contribution in [0.5, 0.6) is 11.5 Å². The second-order valence-electron chi connectivity index (χ2n) is 4.27. The number of rotatable bonds is 3. The molecule has 0 saturated carbocycles. The number of carbonyl (C=O) groups excluding carboxylic acids is 1. The third kappa shape index (κ3) is 3.22. The van der Waals surface area contributed by atoms with Crippen molar-refractivity contribution in [3.05, 3.63) is 52.6 Å². The molecule has 1 aromatic heterocycles. The Morgan fingerprint density at radius 1 is 1.29 bits per heavy atom. The van der Waals surface area contributed by atoms with Gasteiger partial charge >= 0.3 is 0 Å². The van der Waals surface area contributed by atoms with E-state index in [2.05, 4.69) is 26.2 Å². The highest BCUT2D eigenvalue weighted by Crippen LogP contribution is 2.32. The summed E-state index contributed by atoms with van der Waals surface area (Å²) in [5.74, 6) is 1.63. The summed E-state index contributed by atoms with van der Waals surface area (Å²) in [6, 6.07) is 9.08. The Morgan fingerprint density at radius 3 is 3.00 bits per heavy atom. The van der Waals surface area contributed by atoms with E-state index in [4.69, 9.17) is 9.47 Å². The van der Waals surface area contributed by atoms with E-state index in [1.165, 1.54) is 6.08 Å². The molecule has 5 nitrogen and oxygen atoms in total. The van der Waals surface area contributed by atoms with E-state index in [1.54, 1.807) is 18.3 Å². The third-order valence-corrected chi connectivity index (χ3v) is 3.46. The average molecular weight is 347 g/mol. The van der Waals surface area contributed by atoms with Crippen molar-refractivity contribution in [1.82, 2.24) is 4.98 Å². The molecule has 0 spiro atoms. The highest BCUT2D eigenvalue weighted by molar-refractivity contribution is 9.10. The summed E-state index contributed by atoms with van der Waals surface area (Å²) >= 11 is 3.32. The summed E-state index contributed by atoms with van der Waals surface area (Å²) in [7, 11) is 0. The fourth-order valence-electron chi connectivity index (χ4n) is 1.82. The summed E-state index contributed by atoms with van der Waals surface area (Å²) in [6.45, 7) is 0.233. The number of anilines is 1. The number of hydrogen-bond donors (Lipinski definition) is 1. The van der Waals surface area contributed by atoms with Crippen LogP contribution in [0.2, 0.25) is 0 Å². The third-order valence-electron chi connectivity index (χ3n) is 2.82. The van der Waals surface area contributed by atoms with Crippen LogP contribution >= 0.6 is 15.9 Å². The van der Waals surface area contributed by atoms with Gasteiger partial charge in [-0.15, -0.1) is 0 Å². The Kier molecular flexibility index (Phi) is 3.87. The standard InChI is InChI=1S/C15H11BrN2O3/c16-11-2-1-7-17-15(11)18-14(19)6-4-10-3-5-12-13(8-10)21-9-20-12/h1-8H,9H2,(H,17,18,19). The smallest absolute Gasteiger partial charge is 0.249 e. The van der Waals surface area contributed by atoms with Gasteiger partial charge in [-0.05, 0) is 51.8 Å². The lowest BCUT2D eigenvalue weighted by molar-refractivity contribution is -0.111. The molecule has 1 N–H and O–H groups in total. The summed E-state index contributed by atoms with van der Waals surface area (Å²) in [5.41, 5.74) is 0.856. The van der Waals surface area contributed by atoms with Crippen LogP contribution in [-0.4, -0.2) is 17.7 Å². The fraction of sp³-hybridized carbons (Fsp3) is 0.0667. The van der Waals surface area contributed by atoms with Crippen LogP contribution in [0, 0.1) is 0 Å². The number of halogens is 1. The molecule has 0 radical (unpaired) electrons. The molecule has 1 amide bonds. The van der Waals surface area contributed by atoms with Gasteiger partial charge in [-0.3, -0.25) is 4.79 Å². The van der Waals surface area contributed by atoms with Gasteiger partial charge in [-0.1, -0.05) is 6.07 Å². The average Bonchev–Trinajstić information content (AvgIpc) is 2.95. The topological polar surface area (TPSA) is 60.5 Å². The van der Waals surface area contributed by atoms with Crippen LogP contribution in [0.1, 0.15) is 5.56 Å². The fourth-order valence-corrected chi connectivity index (χ4v) is 2.18. The number of nitrogens with zero attached hydrogens (tertiary/aromatic N) is 1. The molecule has 0 aliphatic carbocycles. The molecule has 1 aliphatic rings. The number of pyridine rings is 1. The molecule has 3 rings (SSSR count). The first kappa shape index (κ1) is 13.6. The Labute approximate surface area is 129 Å². The molecule has 106 valence electrons. The largest absolute Gasteiger partial charge is 0.454 e. The van der Waals surface area contributed by atoms with Gasteiger partial charge in [0, 0.05) is 12.3 Å². The zero-order valence-corrected chi connectivity index (χ0v) is 12.5. The minimum atomic E-state index is -0.257. The van der Waals surface area contributed by atoms with Crippen molar-refractivity contribution in [3.8, 4) is 11.5 Å². The van der Waals surface area contributed by atoms with Crippen molar-refractivity contribution in [2.24, 2.45) is 0 Å². The summed E-state index contributed by atoms with van der Waals surface area (Å²) in [4.78, 5) is 15.9. The minimum Gasteiger partial charge on any atom is -0.454 e. The first-order valence-electron chi connectivity index (χ1n) is 6.21. The maximum Gasteiger partial charge on any atom is 0.249 e. The lowest BCUT2D eigenvalue weighted by Crippen LogP contribution is -2.09. The predicted octanol–water partition coefficient (Wildman–Crippen LogP) is 3.22. The van der Waals surface area contributed by atoms with Gasteiger partial charge in [0.05, 0.1) is 4.47 Å². The maximum absolute atomic E-state index is 11.9. The van der Waals surface area contributed by atoms with Crippen molar-refractivity contribution in [2.75, 3.05) is 12.1 Å². The number of carbonyl (C=O) groups is 1. The summed E-state index contributed by atoms with van der Waals surface area (Å²) < 4.78 is 11.2. The second-order valence-corrected chi connectivity index (χ2v) is 5.12. The van der Waals surface area contributed by atoms with Crippen LogP contribution in [0.15, 0.2) is 47.1 Å². The molecular formula is C15H11BrN2O3. The number of amides is 1. The molecule has 0 atom stereocenters. The normalized spacial score (nSPS) is 12.6.